The van der Waals surface area contributed by atoms with Gasteiger partial charge in [0.05, 0.1) is 6.61 Å². The first-order valence-corrected chi connectivity index (χ1v) is 5.30. The molecule has 1 aromatic carbocycles. The van der Waals surface area contributed by atoms with Crippen LogP contribution in [0.2, 0.25) is 0 Å². The monoisotopic (exact) mass is 210 g/mol. The van der Waals surface area contributed by atoms with Gasteiger partial charge >= 0.3 is 0 Å². The zero-order chi connectivity index (χ0) is 11.5. The lowest BCUT2D eigenvalue weighted by Crippen LogP contribution is -2.06. The van der Waals surface area contributed by atoms with Gasteiger partial charge in [-0.15, -0.1) is 0 Å². The maximum Gasteiger partial charge on any atom is 0.128 e. The third-order valence-electron chi connectivity index (χ3n) is 2.44. The van der Waals surface area contributed by atoms with E-state index >= 15 is 0 Å². The minimum absolute atomic E-state index is 0.227. The molecular formula is C13H19FO. The average molecular weight is 210 g/mol. The molecule has 0 radical (unpaired) electrons. The zero-order valence-electron chi connectivity index (χ0n) is 9.68. The molecule has 0 unspecified atom stereocenters. The Kier molecular flexibility index (Phi) is 3.86. The van der Waals surface area contributed by atoms with Gasteiger partial charge in [0.25, 0.3) is 0 Å². The van der Waals surface area contributed by atoms with Crippen molar-refractivity contribution in [3.63, 3.8) is 0 Å². The van der Waals surface area contributed by atoms with E-state index in [9.17, 15) is 4.39 Å². The summed E-state index contributed by atoms with van der Waals surface area (Å²) in [5, 5.41) is 8.93. The topological polar surface area (TPSA) is 20.2 Å². The van der Waals surface area contributed by atoms with E-state index < -0.39 is 0 Å². The summed E-state index contributed by atoms with van der Waals surface area (Å²) in [5.41, 5.74) is 1.77. The highest BCUT2D eigenvalue weighted by atomic mass is 19.1. The van der Waals surface area contributed by atoms with Crippen molar-refractivity contribution in [2.75, 3.05) is 0 Å². The van der Waals surface area contributed by atoms with Crippen molar-refractivity contribution >= 4 is 0 Å². The number of halogens is 1. The normalized spacial score (nSPS) is 11.8. The van der Waals surface area contributed by atoms with Gasteiger partial charge in [-0.2, -0.15) is 0 Å². The minimum Gasteiger partial charge on any atom is -0.392 e. The number of hydrogen-bond acceptors (Lipinski definition) is 1. The lowest BCUT2D eigenvalue weighted by Gasteiger charge is -2.17. The van der Waals surface area contributed by atoms with Crippen LogP contribution in [-0.4, -0.2) is 5.11 Å². The molecule has 84 valence electrons. The largest absolute Gasteiger partial charge is 0.392 e. The molecule has 1 rings (SSSR count). The molecule has 1 nitrogen and oxygen atoms in total. The summed E-state index contributed by atoms with van der Waals surface area (Å²) in [6.45, 7) is 6.33. The quantitative estimate of drug-likeness (QED) is 0.811. The van der Waals surface area contributed by atoms with Crippen LogP contribution in [0.15, 0.2) is 18.2 Å². The molecule has 1 N–H and O–H groups in total. The number of aryl methyl sites for hydroxylation is 1. The van der Waals surface area contributed by atoms with Gasteiger partial charge in [-0.05, 0) is 29.9 Å². The second-order valence-electron chi connectivity index (χ2n) is 5.14. The highest BCUT2D eigenvalue weighted by Crippen LogP contribution is 2.22. The maximum atomic E-state index is 13.1. The van der Waals surface area contributed by atoms with E-state index in [-0.39, 0.29) is 17.8 Å². The van der Waals surface area contributed by atoms with Crippen molar-refractivity contribution in [3.8, 4) is 0 Å². The Morgan fingerprint density at radius 2 is 1.93 bits per heavy atom. The van der Waals surface area contributed by atoms with Crippen molar-refractivity contribution < 1.29 is 9.50 Å². The van der Waals surface area contributed by atoms with Gasteiger partial charge < -0.3 is 5.11 Å². The Bertz CT molecular complexity index is 326. The summed E-state index contributed by atoms with van der Waals surface area (Å²) in [5.74, 6) is -0.322. The molecule has 0 atom stereocenters. The number of aliphatic hydroxyl groups is 1. The summed E-state index contributed by atoms with van der Waals surface area (Å²) in [7, 11) is 0. The van der Waals surface area contributed by atoms with E-state index in [1.807, 2.05) is 0 Å². The molecule has 0 aliphatic rings. The first-order valence-electron chi connectivity index (χ1n) is 5.30. The van der Waals surface area contributed by atoms with Crippen LogP contribution in [0, 0.1) is 11.2 Å². The SMILES string of the molecule is CC(C)(C)CCc1ccc(F)c(CO)c1. The summed E-state index contributed by atoms with van der Waals surface area (Å²) < 4.78 is 13.1. The Hall–Kier alpha value is -0.890. The van der Waals surface area contributed by atoms with Crippen LogP contribution in [0.25, 0.3) is 0 Å². The lowest BCUT2D eigenvalue weighted by atomic mass is 9.88. The Morgan fingerprint density at radius 3 is 2.47 bits per heavy atom. The smallest absolute Gasteiger partial charge is 0.128 e. The zero-order valence-corrected chi connectivity index (χ0v) is 9.68. The summed E-state index contributed by atoms with van der Waals surface area (Å²) in [4.78, 5) is 0. The predicted molar refractivity (Wildman–Crippen MR) is 60.1 cm³/mol. The fourth-order valence-electron chi connectivity index (χ4n) is 1.42. The number of benzene rings is 1. The van der Waals surface area contributed by atoms with Crippen molar-refractivity contribution in [2.24, 2.45) is 5.41 Å². The van der Waals surface area contributed by atoms with Crippen LogP contribution in [-0.2, 0) is 13.0 Å². The highest BCUT2D eigenvalue weighted by molar-refractivity contribution is 5.24. The Balaban J connectivity index is 2.70. The highest BCUT2D eigenvalue weighted by Gasteiger charge is 2.10. The van der Waals surface area contributed by atoms with E-state index in [2.05, 4.69) is 20.8 Å². The third kappa shape index (κ3) is 4.00. The van der Waals surface area contributed by atoms with Crippen molar-refractivity contribution in [3.05, 3.63) is 35.1 Å². The molecule has 0 heterocycles. The van der Waals surface area contributed by atoms with Crippen LogP contribution >= 0.6 is 0 Å². The second kappa shape index (κ2) is 4.75. The molecular weight excluding hydrogens is 191 g/mol. The molecule has 0 aliphatic heterocycles. The van der Waals surface area contributed by atoms with Crippen LogP contribution in [0.3, 0.4) is 0 Å². The number of aliphatic hydroxyl groups excluding tert-OH is 1. The van der Waals surface area contributed by atoms with E-state index in [4.69, 9.17) is 5.11 Å². The maximum absolute atomic E-state index is 13.1. The van der Waals surface area contributed by atoms with Crippen molar-refractivity contribution in [1.82, 2.24) is 0 Å². The second-order valence-corrected chi connectivity index (χ2v) is 5.14. The molecule has 15 heavy (non-hydrogen) atoms. The Labute approximate surface area is 90.9 Å². The number of hydrogen-bond donors (Lipinski definition) is 1. The number of rotatable bonds is 3. The standard InChI is InChI=1S/C13H19FO/c1-13(2,3)7-6-10-4-5-12(14)11(8-10)9-15/h4-5,8,15H,6-7,9H2,1-3H3. The summed E-state index contributed by atoms with van der Waals surface area (Å²) >= 11 is 0. The van der Waals surface area contributed by atoms with E-state index in [1.54, 1.807) is 12.1 Å². The van der Waals surface area contributed by atoms with Crippen LogP contribution in [0.5, 0.6) is 0 Å². The van der Waals surface area contributed by atoms with Gasteiger partial charge in [-0.25, -0.2) is 4.39 Å². The first-order chi connectivity index (χ1) is 6.92. The van der Waals surface area contributed by atoms with E-state index in [1.165, 1.54) is 6.07 Å². The van der Waals surface area contributed by atoms with E-state index in [0.29, 0.717) is 5.56 Å². The first kappa shape index (κ1) is 12.2. The van der Waals surface area contributed by atoms with Gasteiger partial charge in [0.1, 0.15) is 5.82 Å². The van der Waals surface area contributed by atoms with Crippen LogP contribution in [0.1, 0.15) is 38.3 Å². The molecule has 0 fully saturated rings. The van der Waals surface area contributed by atoms with Crippen molar-refractivity contribution in [1.29, 1.82) is 0 Å². The van der Waals surface area contributed by atoms with Crippen LogP contribution in [0.4, 0.5) is 4.39 Å². The van der Waals surface area contributed by atoms with Crippen molar-refractivity contribution in [2.45, 2.75) is 40.2 Å². The molecule has 1 aromatic rings. The van der Waals surface area contributed by atoms with Crippen LogP contribution < -0.4 is 0 Å². The fraction of sp³-hybridized carbons (Fsp3) is 0.538. The molecule has 0 spiro atoms. The molecule has 0 amide bonds. The van der Waals surface area contributed by atoms with Gasteiger partial charge in [-0.1, -0.05) is 32.9 Å². The molecule has 0 saturated carbocycles. The molecule has 2 heteroatoms. The third-order valence-corrected chi connectivity index (χ3v) is 2.44. The lowest BCUT2D eigenvalue weighted by molar-refractivity contribution is 0.275. The fourth-order valence-corrected chi connectivity index (χ4v) is 1.42. The molecule has 0 aromatic heterocycles. The molecule has 0 aliphatic carbocycles. The predicted octanol–water partition coefficient (Wildman–Crippen LogP) is 3.30. The average Bonchev–Trinajstić information content (AvgIpc) is 2.15. The molecule has 0 bridgehead atoms. The van der Waals surface area contributed by atoms with Gasteiger partial charge in [0, 0.05) is 5.56 Å². The van der Waals surface area contributed by atoms with Gasteiger partial charge in [0.15, 0.2) is 0 Å². The van der Waals surface area contributed by atoms with Gasteiger partial charge in [0.2, 0.25) is 0 Å². The Morgan fingerprint density at radius 1 is 1.27 bits per heavy atom. The summed E-state index contributed by atoms with van der Waals surface area (Å²) in [6.07, 6.45) is 1.99. The minimum atomic E-state index is -0.322. The molecule has 0 saturated heterocycles. The van der Waals surface area contributed by atoms with Gasteiger partial charge in [-0.3, -0.25) is 0 Å². The van der Waals surface area contributed by atoms with E-state index in [0.717, 1.165) is 18.4 Å². The summed E-state index contributed by atoms with van der Waals surface area (Å²) in [6, 6.07) is 4.98.